The summed E-state index contributed by atoms with van der Waals surface area (Å²) in [5.74, 6) is 1.18. The Morgan fingerprint density at radius 1 is 1.39 bits per heavy atom. The molecular weight excluding hydrogens is 292 g/mol. The van der Waals surface area contributed by atoms with E-state index < -0.39 is 0 Å². The summed E-state index contributed by atoms with van der Waals surface area (Å²) >= 11 is 0. The lowest BCUT2D eigenvalue weighted by Gasteiger charge is -2.27. The van der Waals surface area contributed by atoms with E-state index in [1.165, 1.54) is 11.1 Å². The number of carbonyl (C=O) groups excluding carboxylic acids is 1. The van der Waals surface area contributed by atoms with Gasteiger partial charge in [0, 0.05) is 26.1 Å². The van der Waals surface area contributed by atoms with Gasteiger partial charge in [-0.25, -0.2) is 4.79 Å². The van der Waals surface area contributed by atoms with Crippen LogP contribution in [0.25, 0.3) is 0 Å². The molecule has 2 aliphatic rings. The van der Waals surface area contributed by atoms with Gasteiger partial charge in [0.2, 0.25) is 0 Å². The van der Waals surface area contributed by atoms with Crippen molar-refractivity contribution in [1.82, 2.24) is 4.90 Å². The summed E-state index contributed by atoms with van der Waals surface area (Å²) in [5, 5.41) is 3.07. The van der Waals surface area contributed by atoms with E-state index in [9.17, 15) is 4.79 Å². The molecule has 1 aliphatic carbocycles. The number of methoxy groups -OCH3 is 1. The Kier molecular flexibility index (Phi) is 5.06. The Balaban J connectivity index is 1.68. The molecule has 0 saturated carbocycles. The third-order valence-corrected chi connectivity index (χ3v) is 4.83. The maximum Gasteiger partial charge on any atom is 0.321 e. The maximum absolute atomic E-state index is 12.6. The highest BCUT2D eigenvalue weighted by Crippen LogP contribution is 2.36. The molecule has 126 valence electrons. The third kappa shape index (κ3) is 3.61. The molecule has 1 fully saturated rings. The van der Waals surface area contributed by atoms with E-state index in [1.54, 1.807) is 12.0 Å². The Morgan fingerprint density at radius 2 is 2.26 bits per heavy atom. The number of aryl methyl sites for hydroxylation is 1. The molecule has 1 unspecified atom stereocenters. The summed E-state index contributed by atoms with van der Waals surface area (Å²) in [5.41, 5.74) is 3.40. The molecular formula is C18H26N2O3. The molecule has 1 N–H and O–H groups in total. The number of fused-ring (bicyclic) bond motifs is 1. The second-order valence-electron chi connectivity index (χ2n) is 6.53. The molecule has 2 amide bonds. The van der Waals surface area contributed by atoms with E-state index >= 15 is 0 Å². The fourth-order valence-electron chi connectivity index (χ4n) is 3.58. The number of benzene rings is 1. The average Bonchev–Trinajstić information content (AvgIpc) is 3.05. The molecule has 0 bridgehead atoms. The molecule has 1 aromatic rings. The summed E-state index contributed by atoms with van der Waals surface area (Å²) in [7, 11) is 3.50. The first-order chi connectivity index (χ1) is 11.2. The van der Waals surface area contributed by atoms with Crippen LogP contribution in [-0.4, -0.2) is 44.8 Å². The van der Waals surface area contributed by atoms with Crippen molar-refractivity contribution in [2.24, 2.45) is 5.92 Å². The second kappa shape index (κ2) is 7.21. The van der Waals surface area contributed by atoms with Crippen LogP contribution in [0, 0.1) is 5.92 Å². The average molecular weight is 318 g/mol. The number of urea groups is 1. The van der Waals surface area contributed by atoms with Crippen molar-refractivity contribution < 1.29 is 14.3 Å². The van der Waals surface area contributed by atoms with Crippen LogP contribution in [0.15, 0.2) is 12.1 Å². The molecule has 5 nitrogen and oxygen atoms in total. The topological polar surface area (TPSA) is 50.8 Å². The summed E-state index contributed by atoms with van der Waals surface area (Å²) in [4.78, 5) is 14.3. The van der Waals surface area contributed by atoms with Crippen LogP contribution in [0.1, 0.15) is 30.4 Å². The van der Waals surface area contributed by atoms with E-state index in [1.807, 2.05) is 13.1 Å². The van der Waals surface area contributed by atoms with Gasteiger partial charge in [-0.2, -0.15) is 0 Å². The lowest BCUT2D eigenvalue weighted by molar-refractivity contribution is 0.0464. The van der Waals surface area contributed by atoms with Crippen LogP contribution in [-0.2, 0) is 17.6 Å². The molecule has 0 spiro atoms. The molecule has 1 aliphatic heterocycles. The first-order valence-electron chi connectivity index (χ1n) is 8.47. The summed E-state index contributed by atoms with van der Waals surface area (Å²) in [6.07, 6.45) is 5.43. The fourth-order valence-corrected chi connectivity index (χ4v) is 3.58. The normalized spacial score (nSPS) is 20.0. The maximum atomic E-state index is 12.6. The first-order valence-corrected chi connectivity index (χ1v) is 8.47. The van der Waals surface area contributed by atoms with E-state index in [4.69, 9.17) is 9.47 Å². The zero-order valence-corrected chi connectivity index (χ0v) is 14.1. The van der Waals surface area contributed by atoms with Crippen LogP contribution in [0.2, 0.25) is 0 Å². The molecule has 1 atom stereocenters. The van der Waals surface area contributed by atoms with Gasteiger partial charge in [-0.15, -0.1) is 0 Å². The van der Waals surface area contributed by atoms with Crippen LogP contribution in [0.3, 0.4) is 0 Å². The van der Waals surface area contributed by atoms with E-state index in [0.29, 0.717) is 5.92 Å². The van der Waals surface area contributed by atoms with Crippen molar-refractivity contribution in [3.05, 3.63) is 23.3 Å². The summed E-state index contributed by atoms with van der Waals surface area (Å²) in [6.45, 7) is 2.32. The Hall–Kier alpha value is -1.75. The smallest absolute Gasteiger partial charge is 0.321 e. The number of anilines is 1. The van der Waals surface area contributed by atoms with Gasteiger partial charge >= 0.3 is 6.03 Å². The van der Waals surface area contributed by atoms with Crippen LogP contribution >= 0.6 is 0 Å². The lowest BCUT2D eigenvalue weighted by Crippen LogP contribution is -2.37. The number of amides is 2. The van der Waals surface area contributed by atoms with Gasteiger partial charge in [0.15, 0.2) is 0 Å². The second-order valence-corrected chi connectivity index (χ2v) is 6.53. The predicted molar refractivity (Wildman–Crippen MR) is 90.2 cm³/mol. The lowest BCUT2D eigenvalue weighted by atomic mass is 10.0. The number of hydrogen-bond donors (Lipinski definition) is 1. The van der Waals surface area contributed by atoms with E-state index in [2.05, 4.69) is 11.4 Å². The molecule has 1 heterocycles. The molecule has 23 heavy (non-hydrogen) atoms. The van der Waals surface area contributed by atoms with Crippen molar-refractivity contribution in [3.63, 3.8) is 0 Å². The minimum atomic E-state index is -0.0748. The van der Waals surface area contributed by atoms with Gasteiger partial charge in [0.25, 0.3) is 0 Å². The number of hydrogen-bond acceptors (Lipinski definition) is 3. The molecule has 5 heteroatoms. The van der Waals surface area contributed by atoms with Gasteiger partial charge in [-0.3, -0.25) is 0 Å². The highest BCUT2D eigenvalue weighted by atomic mass is 16.5. The Labute approximate surface area is 137 Å². The summed E-state index contributed by atoms with van der Waals surface area (Å²) in [6, 6.07) is 3.99. The van der Waals surface area contributed by atoms with Gasteiger partial charge < -0.3 is 19.7 Å². The van der Waals surface area contributed by atoms with Gasteiger partial charge in [0.05, 0.1) is 19.4 Å². The van der Waals surface area contributed by atoms with Gasteiger partial charge in [0.1, 0.15) is 5.75 Å². The highest BCUT2D eigenvalue weighted by molar-refractivity contribution is 5.92. The van der Waals surface area contributed by atoms with E-state index in [-0.39, 0.29) is 6.03 Å². The van der Waals surface area contributed by atoms with Crippen molar-refractivity contribution in [2.75, 3.05) is 39.2 Å². The van der Waals surface area contributed by atoms with Crippen LogP contribution in [0.4, 0.5) is 10.5 Å². The number of nitrogens with zero attached hydrogens (tertiary/aromatic N) is 1. The number of ether oxygens (including phenoxy) is 2. The largest absolute Gasteiger partial charge is 0.495 e. The quantitative estimate of drug-likeness (QED) is 0.928. The number of nitrogens with one attached hydrogen (secondary N) is 1. The number of rotatable bonds is 4. The van der Waals surface area contributed by atoms with Crippen molar-refractivity contribution >= 4 is 11.7 Å². The SMILES string of the molecule is COc1ccc2c(c1NC(=O)N(C)CC1CCCOC1)CCC2. The zero-order chi connectivity index (χ0) is 16.2. The van der Waals surface area contributed by atoms with Crippen molar-refractivity contribution in [2.45, 2.75) is 32.1 Å². The zero-order valence-electron chi connectivity index (χ0n) is 14.1. The van der Waals surface area contributed by atoms with Crippen molar-refractivity contribution in [3.8, 4) is 5.75 Å². The highest BCUT2D eigenvalue weighted by Gasteiger charge is 2.23. The van der Waals surface area contributed by atoms with Gasteiger partial charge in [-0.05, 0) is 49.3 Å². The number of carbonyl (C=O) groups is 1. The minimum absolute atomic E-state index is 0.0748. The van der Waals surface area contributed by atoms with Gasteiger partial charge in [-0.1, -0.05) is 6.07 Å². The fraction of sp³-hybridized carbons (Fsp3) is 0.611. The summed E-state index contributed by atoms with van der Waals surface area (Å²) < 4.78 is 10.9. The minimum Gasteiger partial charge on any atom is -0.495 e. The Morgan fingerprint density at radius 3 is 3.00 bits per heavy atom. The van der Waals surface area contributed by atoms with Crippen LogP contribution in [0.5, 0.6) is 5.75 Å². The van der Waals surface area contributed by atoms with Crippen LogP contribution < -0.4 is 10.1 Å². The van der Waals surface area contributed by atoms with Crippen molar-refractivity contribution in [1.29, 1.82) is 0 Å². The molecule has 0 radical (unpaired) electrons. The monoisotopic (exact) mass is 318 g/mol. The Bertz CT molecular complexity index is 568. The van der Waals surface area contributed by atoms with E-state index in [0.717, 1.165) is 63.3 Å². The standard InChI is InChI=1S/C18H26N2O3/c1-20(11-13-5-4-10-23-12-13)18(21)19-17-15-7-3-6-14(15)8-9-16(17)22-2/h8-9,13H,3-7,10-12H2,1-2H3,(H,19,21). The molecule has 0 aromatic heterocycles. The molecule has 3 rings (SSSR count). The third-order valence-electron chi connectivity index (χ3n) is 4.83. The molecule has 1 saturated heterocycles. The first kappa shape index (κ1) is 16.1. The predicted octanol–water partition coefficient (Wildman–Crippen LogP) is 3.07. The molecule has 1 aromatic carbocycles.